The van der Waals surface area contributed by atoms with Crippen molar-refractivity contribution >= 4 is 5.82 Å². The average molecular weight is 319 g/mol. The topological polar surface area (TPSA) is 48.8 Å². The van der Waals surface area contributed by atoms with Gasteiger partial charge in [0.1, 0.15) is 11.6 Å². The van der Waals surface area contributed by atoms with Crippen molar-refractivity contribution in [1.29, 1.82) is 0 Å². The van der Waals surface area contributed by atoms with Gasteiger partial charge in [-0.15, -0.1) is 13.2 Å². The van der Waals surface area contributed by atoms with Crippen LogP contribution in [0.15, 0.2) is 18.3 Å². The molecule has 1 fully saturated rings. The third-order valence-corrected chi connectivity index (χ3v) is 3.79. The summed E-state index contributed by atoms with van der Waals surface area (Å²) >= 11 is 0. The molecule has 1 N–H and O–H groups in total. The Morgan fingerprint density at radius 3 is 2.41 bits per heavy atom. The highest BCUT2D eigenvalue weighted by Crippen LogP contribution is 2.24. The molecule has 1 aliphatic heterocycles. The zero-order valence-electron chi connectivity index (χ0n) is 12.4. The summed E-state index contributed by atoms with van der Waals surface area (Å²) < 4.78 is 40.1. The van der Waals surface area contributed by atoms with Crippen molar-refractivity contribution in [3.63, 3.8) is 0 Å². The monoisotopic (exact) mass is 319 g/mol. The van der Waals surface area contributed by atoms with E-state index in [0.29, 0.717) is 5.82 Å². The maximum absolute atomic E-state index is 12.1. The van der Waals surface area contributed by atoms with Gasteiger partial charge in [0.15, 0.2) is 0 Å². The quantitative estimate of drug-likeness (QED) is 0.898. The van der Waals surface area contributed by atoms with Gasteiger partial charge in [0.05, 0.1) is 12.8 Å². The van der Waals surface area contributed by atoms with Crippen molar-refractivity contribution < 1.29 is 23.0 Å². The zero-order chi connectivity index (χ0) is 16.2. The van der Waals surface area contributed by atoms with Crippen LogP contribution in [-0.4, -0.2) is 60.2 Å². The Balaban J connectivity index is 1.91. The molecule has 1 atom stereocenters. The number of aromatic nitrogens is 1. The fourth-order valence-electron chi connectivity index (χ4n) is 2.57. The minimum atomic E-state index is -4.70. The molecule has 0 spiro atoms. The number of rotatable bonds is 5. The van der Waals surface area contributed by atoms with Gasteiger partial charge < -0.3 is 14.7 Å². The zero-order valence-corrected chi connectivity index (χ0v) is 12.4. The second kappa shape index (κ2) is 7.15. The fraction of sp³-hybridized carbons (Fsp3) is 0.643. The SMILES string of the molecule is CCC(CO)N1CCN(c2ccc(OC(F)(F)F)cn2)CC1. The smallest absolute Gasteiger partial charge is 0.404 e. The van der Waals surface area contributed by atoms with Crippen molar-refractivity contribution in [2.24, 2.45) is 0 Å². The molecule has 8 heteroatoms. The van der Waals surface area contributed by atoms with E-state index >= 15 is 0 Å². The Kier molecular flexibility index (Phi) is 5.47. The van der Waals surface area contributed by atoms with E-state index in [4.69, 9.17) is 0 Å². The second-order valence-corrected chi connectivity index (χ2v) is 5.17. The summed E-state index contributed by atoms with van der Waals surface area (Å²) in [6.45, 7) is 5.21. The Morgan fingerprint density at radius 1 is 1.27 bits per heavy atom. The first-order valence-electron chi connectivity index (χ1n) is 7.24. The summed E-state index contributed by atoms with van der Waals surface area (Å²) in [5.41, 5.74) is 0. The number of nitrogens with zero attached hydrogens (tertiary/aromatic N) is 3. The molecule has 0 amide bonds. The standard InChI is InChI=1S/C14H20F3N3O2/c1-2-11(10-21)19-5-7-20(8-6-19)13-4-3-12(9-18-13)22-14(15,16)17/h3-4,9,11,21H,2,5-8,10H2,1H3. The van der Waals surface area contributed by atoms with Crippen LogP contribution >= 0.6 is 0 Å². The largest absolute Gasteiger partial charge is 0.573 e. The van der Waals surface area contributed by atoms with E-state index in [9.17, 15) is 18.3 Å². The molecule has 0 aliphatic carbocycles. The van der Waals surface area contributed by atoms with E-state index in [1.54, 1.807) is 0 Å². The molecule has 0 bridgehead atoms. The second-order valence-electron chi connectivity index (χ2n) is 5.17. The van der Waals surface area contributed by atoms with Crippen LogP contribution in [0.4, 0.5) is 19.0 Å². The summed E-state index contributed by atoms with van der Waals surface area (Å²) in [4.78, 5) is 8.26. The van der Waals surface area contributed by atoms with Crippen molar-refractivity contribution in [3.8, 4) is 5.75 Å². The molecule has 0 radical (unpaired) electrons. The van der Waals surface area contributed by atoms with Gasteiger partial charge in [-0.05, 0) is 18.6 Å². The maximum Gasteiger partial charge on any atom is 0.573 e. The van der Waals surface area contributed by atoms with Gasteiger partial charge in [-0.3, -0.25) is 4.90 Å². The molecule has 1 saturated heterocycles. The first-order valence-corrected chi connectivity index (χ1v) is 7.24. The third-order valence-electron chi connectivity index (χ3n) is 3.79. The van der Waals surface area contributed by atoms with Gasteiger partial charge in [0, 0.05) is 32.2 Å². The average Bonchev–Trinajstić information content (AvgIpc) is 2.48. The lowest BCUT2D eigenvalue weighted by Crippen LogP contribution is -2.51. The number of hydrogen-bond donors (Lipinski definition) is 1. The Bertz CT molecular complexity index is 455. The highest BCUT2D eigenvalue weighted by atomic mass is 19.4. The molecule has 1 aliphatic rings. The van der Waals surface area contributed by atoms with Gasteiger partial charge in [0.2, 0.25) is 0 Å². The first-order chi connectivity index (χ1) is 10.4. The van der Waals surface area contributed by atoms with Crippen LogP contribution in [0.1, 0.15) is 13.3 Å². The molecule has 22 heavy (non-hydrogen) atoms. The number of ether oxygens (including phenoxy) is 1. The molecule has 0 saturated carbocycles. The Morgan fingerprint density at radius 2 is 1.95 bits per heavy atom. The lowest BCUT2D eigenvalue weighted by atomic mass is 10.1. The third kappa shape index (κ3) is 4.48. The van der Waals surface area contributed by atoms with E-state index < -0.39 is 6.36 Å². The molecule has 1 aromatic heterocycles. The lowest BCUT2D eigenvalue weighted by Gasteiger charge is -2.38. The van der Waals surface area contributed by atoms with E-state index in [0.717, 1.165) is 38.8 Å². The van der Waals surface area contributed by atoms with Crippen LogP contribution in [0.3, 0.4) is 0 Å². The number of aliphatic hydroxyl groups excluding tert-OH is 1. The van der Waals surface area contributed by atoms with Crippen LogP contribution in [0.25, 0.3) is 0 Å². The Hall–Kier alpha value is -1.54. The number of halogens is 3. The molecule has 2 heterocycles. The molecular weight excluding hydrogens is 299 g/mol. The molecule has 124 valence electrons. The predicted octanol–water partition coefficient (Wildman–Crippen LogP) is 1.87. The minimum absolute atomic E-state index is 0.137. The van der Waals surface area contributed by atoms with Crippen LogP contribution in [0.5, 0.6) is 5.75 Å². The lowest BCUT2D eigenvalue weighted by molar-refractivity contribution is -0.274. The van der Waals surface area contributed by atoms with Crippen molar-refractivity contribution in [1.82, 2.24) is 9.88 Å². The number of pyridine rings is 1. The van der Waals surface area contributed by atoms with E-state index in [1.165, 1.54) is 12.1 Å². The number of piperazine rings is 1. The van der Waals surface area contributed by atoms with Crippen LogP contribution in [-0.2, 0) is 0 Å². The van der Waals surface area contributed by atoms with Gasteiger partial charge in [-0.2, -0.15) is 0 Å². The summed E-state index contributed by atoms with van der Waals surface area (Å²) in [6, 6.07) is 2.96. The number of anilines is 1. The van der Waals surface area contributed by atoms with Crippen LogP contribution in [0.2, 0.25) is 0 Å². The number of aliphatic hydroxyl groups is 1. The highest BCUT2D eigenvalue weighted by molar-refractivity contribution is 5.41. The van der Waals surface area contributed by atoms with Gasteiger partial charge in [-0.1, -0.05) is 6.92 Å². The van der Waals surface area contributed by atoms with Gasteiger partial charge in [0.25, 0.3) is 0 Å². The summed E-state index contributed by atoms with van der Waals surface area (Å²) in [6.07, 6.45) is -2.73. The van der Waals surface area contributed by atoms with Crippen molar-refractivity contribution in [3.05, 3.63) is 18.3 Å². The van der Waals surface area contributed by atoms with Gasteiger partial charge >= 0.3 is 6.36 Å². The van der Waals surface area contributed by atoms with Crippen molar-refractivity contribution in [2.75, 3.05) is 37.7 Å². The number of alkyl halides is 3. The van der Waals surface area contributed by atoms with E-state index in [-0.39, 0.29) is 18.4 Å². The molecule has 1 aromatic rings. The molecule has 1 unspecified atom stereocenters. The summed E-state index contributed by atoms with van der Waals surface area (Å²) in [5.74, 6) is 0.312. The summed E-state index contributed by atoms with van der Waals surface area (Å²) in [5, 5.41) is 9.31. The molecule has 5 nitrogen and oxygen atoms in total. The van der Waals surface area contributed by atoms with E-state index in [1.807, 2.05) is 11.8 Å². The maximum atomic E-state index is 12.1. The fourth-order valence-corrected chi connectivity index (χ4v) is 2.57. The van der Waals surface area contributed by atoms with Crippen LogP contribution in [0, 0.1) is 0 Å². The van der Waals surface area contributed by atoms with Crippen molar-refractivity contribution in [2.45, 2.75) is 25.7 Å². The Labute approximate surface area is 127 Å². The molecule has 2 rings (SSSR count). The van der Waals surface area contributed by atoms with Crippen LogP contribution < -0.4 is 9.64 Å². The minimum Gasteiger partial charge on any atom is -0.404 e. The van der Waals surface area contributed by atoms with Gasteiger partial charge in [-0.25, -0.2) is 4.98 Å². The predicted molar refractivity (Wildman–Crippen MR) is 75.9 cm³/mol. The first kappa shape index (κ1) is 16.8. The normalized spacial score (nSPS) is 18.3. The number of hydrogen-bond acceptors (Lipinski definition) is 5. The summed E-state index contributed by atoms with van der Waals surface area (Å²) in [7, 11) is 0. The molecular formula is C14H20F3N3O2. The highest BCUT2D eigenvalue weighted by Gasteiger charge is 2.31. The van der Waals surface area contributed by atoms with E-state index in [2.05, 4.69) is 14.6 Å². The molecule has 0 aromatic carbocycles.